The van der Waals surface area contributed by atoms with Crippen molar-refractivity contribution in [1.29, 1.82) is 0 Å². The summed E-state index contributed by atoms with van der Waals surface area (Å²) in [5, 5.41) is 6.57. The van der Waals surface area contributed by atoms with Crippen LogP contribution < -0.4 is 15.5 Å². The van der Waals surface area contributed by atoms with E-state index in [-0.39, 0.29) is 0 Å². The van der Waals surface area contributed by atoms with Crippen LogP contribution in [-0.2, 0) is 0 Å². The first-order valence-electron chi connectivity index (χ1n) is 6.63. The summed E-state index contributed by atoms with van der Waals surface area (Å²) in [6.07, 6.45) is 4.76. The van der Waals surface area contributed by atoms with Crippen LogP contribution in [0.15, 0.2) is 0 Å². The molecule has 0 atom stereocenters. The van der Waals surface area contributed by atoms with E-state index in [2.05, 4.69) is 32.5 Å². The number of nitrogens with zero attached hydrogens (tertiary/aromatic N) is 4. The normalized spacial score (nSPS) is 15.1. The van der Waals surface area contributed by atoms with E-state index in [0.29, 0.717) is 23.9 Å². The first-order valence-corrected chi connectivity index (χ1v) is 6.63. The number of hydrogen-bond acceptors (Lipinski definition) is 6. The summed E-state index contributed by atoms with van der Waals surface area (Å²) in [6, 6.07) is 0.529. The molecule has 100 valence electrons. The Morgan fingerprint density at radius 3 is 2.44 bits per heavy atom. The van der Waals surface area contributed by atoms with Crippen molar-refractivity contribution in [2.75, 3.05) is 36.2 Å². The third-order valence-electron chi connectivity index (χ3n) is 3.00. The fourth-order valence-electron chi connectivity index (χ4n) is 1.68. The van der Waals surface area contributed by atoms with E-state index in [1.165, 1.54) is 19.3 Å². The summed E-state index contributed by atoms with van der Waals surface area (Å²) in [5.74, 6) is 2.01. The molecule has 0 aromatic carbocycles. The van der Waals surface area contributed by atoms with E-state index >= 15 is 0 Å². The molecular formula is C12H22N6. The first-order chi connectivity index (χ1) is 8.69. The Morgan fingerprint density at radius 2 is 1.89 bits per heavy atom. The summed E-state index contributed by atoms with van der Waals surface area (Å²) >= 11 is 0. The van der Waals surface area contributed by atoms with Crippen molar-refractivity contribution in [3.05, 3.63) is 0 Å². The number of hydrogen-bond donors (Lipinski definition) is 2. The van der Waals surface area contributed by atoms with Crippen molar-refractivity contribution >= 4 is 17.8 Å². The summed E-state index contributed by atoms with van der Waals surface area (Å²) in [7, 11) is 3.87. The number of rotatable bonds is 6. The van der Waals surface area contributed by atoms with Crippen LogP contribution in [0.4, 0.5) is 17.8 Å². The van der Waals surface area contributed by atoms with Gasteiger partial charge in [0.2, 0.25) is 17.8 Å². The lowest BCUT2D eigenvalue weighted by Crippen LogP contribution is -2.29. The smallest absolute Gasteiger partial charge is 0.231 e. The van der Waals surface area contributed by atoms with Gasteiger partial charge in [-0.05, 0) is 25.7 Å². The van der Waals surface area contributed by atoms with Gasteiger partial charge in [-0.2, -0.15) is 15.0 Å². The van der Waals surface area contributed by atoms with Crippen LogP contribution in [0.1, 0.15) is 32.6 Å². The van der Waals surface area contributed by atoms with Crippen LogP contribution in [0, 0.1) is 0 Å². The zero-order chi connectivity index (χ0) is 13.0. The van der Waals surface area contributed by atoms with E-state index in [9.17, 15) is 0 Å². The van der Waals surface area contributed by atoms with Gasteiger partial charge < -0.3 is 15.5 Å². The summed E-state index contributed by atoms with van der Waals surface area (Å²) in [6.45, 7) is 2.99. The molecule has 0 unspecified atom stereocenters. The van der Waals surface area contributed by atoms with Crippen LogP contribution in [0.3, 0.4) is 0 Å². The maximum Gasteiger partial charge on any atom is 0.231 e. The highest BCUT2D eigenvalue weighted by Crippen LogP contribution is 2.22. The van der Waals surface area contributed by atoms with Gasteiger partial charge in [-0.25, -0.2) is 0 Å². The standard InChI is InChI=1S/C12H22N6/c1-4-8-13-10-15-11(14-9-6-5-7-9)17-12(16-10)18(2)3/h9H,4-8H2,1-3H3,(H2,13,14,15,16,17). The van der Waals surface area contributed by atoms with Gasteiger partial charge in [-0.1, -0.05) is 6.92 Å². The molecular weight excluding hydrogens is 228 g/mol. The van der Waals surface area contributed by atoms with Crippen LogP contribution in [0.5, 0.6) is 0 Å². The molecule has 2 rings (SSSR count). The predicted molar refractivity (Wildman–Crippen MR) is 74.2 cm³/mol. The molecule has 6 heteroatoms. The molecule has 1 aliphatic rings. The lowest BCUT2D eigenvalue weighted by atomic mass is 9.93. The molecule has 1 fully saturated rings. The van der Waals surface area contributed by atoms with Crippen molar-refractivity contribution < 1.29 is 0 Å². The Hall–Kier alpha value is -1.59. The van der Waals surface area contributed by atoms with Crippen molar-refractivity contribution in [1.82, 2.24) is 15.0 Å². The van der Waals surface area contributed by atoms with E-state index < -0.39 is 0 Å². The van der Waals surface area contributed by atoms with E-state index in [0.717, 1.165) is 13.0 Å². The predicted octanol–water partition coefficient (Wildman–Crippen LogP) is 1.72. The molecule has 0 spiro atoms. The molecule has 0 aliphatic heterocycles. The Labute approximate surface area is 108 Å². The molecule has 1 aliphatic carbocycles. The van der Waals surface area contributed by atoms with Crippen LogP contribution >= 0.6 is 0 Å². The summed E-state index contributed by atoms with van der Waals surface area (Å²) < 4.78 is 0. The SMILES string of the molecule is CCCNc1nc(NC2CCC2)nc(N(C)C)n1. The average molecular weight is 250 g/mol. The van der Waals surface area contributed by atoms with Gasteiger partial charge in [-0.15, -0.1) is 0 Å². The van der Waals surface area contributed by atoms with Crippen molar-refractivity contribution in [2.45, 2.75) is 38.6 Å². The minimum atomic E-state index is 0.529. The zero-order valence-electron chi connectivity index (χ0n) is 11.4. The first kappa shape index (κ1) is 12.9. The lowest BCUT2D eigenvalue weighted by Gasteiger charge is -2.26. The second-order valence-corrected chi connectivity index (χ2v) is 4.88. The molecule has 1 saturated carbocycles. The zero-order valence-corrected chi connectivity index (χ0v) is 11.4. The monoisotopic (exact) mass is 250 g/mol. The molecule has 1 aromatic heterocycles. The van der Waals surface area contributed by atoms with Crippen molar-refractivity contribution in [3.8, 4) is 0 Å². The largest absolute Gasteiger partial charge is 0.354 e. The fourth-order valence-corrected chi connectivity index (χ4v) is 1.68. The highest BCUT2D eigenvalue weighted by Gasteiger charge is 2.19. The maximum absolute atomic E-state index is 4.42. The highest BCUT2D eigenvalue weighted by atomic mass is 15.3. The van der Waals surface area contributed by atoms with Crippen LogP contribution in [0.25, 0.3) is 0 Å². The quantitative estimate of drug-likeness (QED) is 0.801. The fraction of sp³-hybridized carbons (Fsp3) is 0.750. The third kappa shape index (κ3) is 3.21. The third-order valence-corrected chi connectivity index (χ3v) is 3.00. The highest BCUT2D eigenvalue weighted by molar-refractivity contribution is 5.43. The van der Waals surface area contributed by atoms with Crippen LogP contribution in [0.2, 0.25) is 0 Å². The molecule has 1 heterocycles. The average Bonchev–Trinajstić information content (AvgIpc) is 2.31. The molecule has 18 heavy (non-hydrogen) atoms. The van der Waals surface area contributed by atoms with Gasteiger partial charge >= 0.3 is 0 Å². The second kappa shape index (κ2) is 5.84. The Balaban J connectivity index is 2.12. The maximum atomic E-state index is 4.42. The van der Waals surface area contributed by atoms with E-state index in [4.69, 9.17) is 0 Å². The Morgan fingerprint density at radius 1 is 1.17 bits per heavy atom. The number of anilines is 3. The number of nitrogens with one attached hydrogen (secondary N) is 2. The molecule has 0 radical (unpaired) electrons. The second-order valence-electron chi connectivity index (χ2n) is 4.88. The molecule has 2 N–H and O–H groups in total. The van der Waals surface area contributed by atoms with Gasteiger partial charge in [0.1, 0.15) is 0 Å². The van der Waals surface area contributed by atoms with Crippen LogP contribution in [-0.4, -0.2) is 41.6 Å². The Kier molecular flexibility index (Phi) is 4.17. The minimum absolute atomic E-state index is 0.529. The molecule has 1 aromatic rings. The van der Waals surface area contributed by atoms with Crippen molar-refractivity contribution in [3.63, 3.8) is 0 Å². The van der Waals surface area contributed by atoms with E-state index in [1.807, 2.05) is 19.0 Å². The molecule has 0 bridgehead atoms. The number of aromatic nitrogens is 3. The van der Waals surface area contributed by atoms with E-state index in [1.54, 1.807) is 0 Å². The van der Waals surface area contributed by atoms with Crippen molar-refractivity contribution in [2.24, 2.45) is 0 Å². The summed E-state index contributed by atoms with van der Waals surface area (Å²) in [4.78, 5) is 15.1. The molecule has 6 nitrogen and oxygen atoms in total. The van der Waals surface area contributed by atoms with Gasteiger partial charge in [0.15, 0.2) is 0 Å². The molecule has 0 saturated heterocycles. The topological polar surface area (TPSA) is 66.0 Å². The minimum Gasteiger partial charge on any atom is -0.354 e. The lowest BCUT2D eigenvalue weighted by molar-refractivity contribution is 0.443. The van der Waals surface area contributed by atoms with Gasteiger partial charge in [0.25, 0.3) is 0 Å². The summed E-state index contributed by atoms with van der Waals surface area (Å²) in [5.41, 5.74) is 0. The van der Waals surface area contributed by atoms with Gasteiger partial charge in [-0.3, -0.25) is 0 Å². The molecule has 0 amide bonds. The Bertz CT molecular complexity index is 388. The van der Waals surface area contributed by atoms with Gasteiger partial charge in [0, 0.05) is 26.7 Å². The van der Waals surface area contributed by atoms with Gasteiger partial charge in [0.05, 0.1) is 0 Å².